The lowest BCUT2D eigenvalue weighted by Gasteiger charge is -2.02. The fourth-order valence-corrected chi connectivity index (χ4v) is 0.917. The van der Waals surface area contributed by atoms with Crippen LogP contribution in [0.2, 0.25) is 5.02 Å². The molecule has 0 bridgehead atoms. The van der Waals surface area contributed by atoms with E-state index in [1.54, 1.807) is 0 Å². The second-order valence-corrected chi connectivity index (χ2v) is 2.89. The van der Waals surface area contributed by atoms with E-state index in [-0.39, 0.29) is 0 Å². The van der Waals surface area contributed by atoms with Gasteiger partial charge in [-0.25, -0.2) is 0 Å². The molecule has 1 atom stereocenters. The van der Waals surface area contributed by atoms with Crippen molar-refractivity contribution in [3.63, 3.8) is 0 Å². The van der Waals surface area contributed by atoms with Gasteiger partial charge in [0.1, 0.15) is 0 Å². The van der Waals surface area contributed by atoms with Crippen LogP contribution in [0.4, 0.5) is 0 Å². The van der Waals surface area contributed by atoms with E-state index in [0.29, 0.717) is 5.92 Å². The molecule has 0 N–H and O–H groups in total. The van der Waals surface area contributed by atoms with Crippen LogP contribution in [-0.4, -0.2) is 0 Å². The van der Waals surface area contributed by atoms with Crippen LogP contribution in [0.15, 0.2) is 24.3 Å². The summed E-state index contributed by atoms with van der Waals surface area (Å²) in [6.45, 7) is 5.95. The van der Waals surface area contributed by atoms with E-state index in [0.717, 1.165) is 5.02 Å². The maximum atomic E-state index is 5.70. The molecule has 0 aliphatic heterocycles. The molecule has 0 saturated heterocycles. The fraction of sp³-hybridized carbons (Fsp3) is 0.222. The lowest BCUT2D eigenvalue weighted by Crippen LogP contribution is -1.84. The zero-order valence-electron chi connectivity index (χ0n) is 5.97. The highest BCUT2D eigenvalue weighted by Crippen LogP contribution is 2.16. The van der Waals surface area contributed by atoms with Gasteiger partial charge in [-0.2, -0.15) is 0 Å². The van der Waals surface area contributed by atoms with E-state index in [1.165, 1.54) is 5.56 Å². The molecule has 0 aliphatic rings. The summed E-state index contributed by atoms with van der Waals surface area (Å²) < 4.78 is 0. The van der Waals surface area contributed by atoms with Crippen molar-refractivity contribution in [2.75, 3.05) is 0 Å². The topological polar surface area (TPSA) is 0 Å². The quantitative estimate of drug-likeness (QED) is 0.581. The highest BCUT2D eigenvalue weighted by atomic mass is 35.5. The minimum atomic E-state index is 0.345. The SMILES string of the molecule is [CH2][C@H](C)c1ccc(Cl)cc1. The largest absolute Gasteiger partial charge is 0.0843 e. The molecule has 0 saturated carbocycles. The first-order valence-electron chi connectivity index (χ1n) is 3.28. The van der Waals surface area contributed by atoms with E-state index < -0.39 is 0 Å². The van der Waals surface area contributed by atoms with Gasteiger partial charge in [0.25, 0.3) is 0 Å². The normalized spacial score (nSPS) is 10.4. The van der Waals surface area contributed by atoms with Crippen molar-refractivity contribution >= 4 is 11.6 Å². The van der Waals surface area contributed by atoms with Crippen LogP contribution in [0.3, 0.4) is 0 Å². The minimum Gasteiger partial charge on any atom is -0.0843 e. The molecule has 1 radical (unpaired) electrons. The van der Waals surface area contributed by atoms with Gasteiger partial charge in [-0.1, -0.05) is 30.7 Å². The van der Waals surface area contributed by atoms with Crippen LogP contribution in [0.25, 0.3) is 0 Å². The van der Waals surface area contributed by atoms with E-state index in [4.69, 9.17) is 11.6 Å². The Morgan fingerprint density at radius 3 is 2.20 bits per heavy atom. The average Bonchev–Trinajstić information content (AvgIpc) is 1.88. The molecular weight excluding hydrogens is 144 g/mol. The summed E-state index contributed by atoms with van der Waals surface area (Å²) >= 11 is 5.70. The van der Waals surface area contributed by atoms with Crippen molar-refractivity contribution in [3.8, 4) is 0 Å². The first-order valence-corrected chi connectivity index (χ1v) is 3.66. The van der Waals surface area contributed by atoms with Gasteiger partial charge in [0.2, 0.25) is 0 Å². The van der Waals surface area contributed by atoms with Crippen LogP contribution in [0.5, 0.6) is 0 Å². The van der Waals surface area contributed by atoms with Crippen LogP contribution >= 0.6 is 11.6 Å². The molecule has 1 aromatic rings. The third-order valence-electron chi connectivity index (χ3n) is 1.44. The van der Waals surface area contributed by atoms with Crippen molar-refractivity contribution in [1.29, 1.82) is 0 Å². The Morgan fingerprint density at radius 2 is 1.80 bits per heavy atom. The van der Waals surface area contributed by atoms with Crippen molar-refractivity contribution in [2.24, 2.45) is 0 Å². The van der Waals surface area contributed by atoms with E-state index in [2.05, 4.69) is 13.8 Å². The Kier molecular flexibility index (Phi) is 2.34. The lowest BCUT2D eigenvalue weighted by atomic mass is 10.0. The van der Waals surface area contributed by atoms with Crippen molar-refractivity contribution in [2.45, 2.75) is 12.8 Å². The standard InChI is InChI=1S/C9H10Cl/c1-7(2)8-3-5-9(10)6-4-8/h3-7H,1H2,2H3/t7-/m1/s1. The summed E-state index contributed by atoms with van der Waals surface area (Å²) in [5, 5.41) is 0.782. The first kappa shape index (κ1) is 7.62. The summed E-state index contributed by atoms with van der Waals surface area (Å²) in [5.74, 6) is 0.345. The van der Waals surface area contributed by atoms with Crippen molar-refractivity contribution < 1.29 is 0 Å². The van der Waals surface area contributed by atoms with Crippen molar-refractivity contribution in [1.82, 2.24) is 0 Å². The van der Waals surface area contributed by atoms with E-state index in [9.17, 15) is 0 Å². The molecule has 0 aromatic heterocycles. The molecule has 0 aliphatic carbocycles. The highest BCUT2D eigenvalue weighted by molar-refractivity contribution is 6.30. The first-order chi connectivity index (χ1) is 4.70. The predicted molar refractivity (Wildman–Crippen MR) is 45.2 cm³/mol. The van der Waals surface area contributed by atoms with Gasteiger partial charge in [0, 0.05) is 5.02 Å². The zero-order valence-corrected chi connectivity index (χ0v) is 6.73. The monoisotopic (exact) mass is 153 g/mol. The summed E-state index contributed by atoms with van der Waals surface area (Å²) in [4.78, 5) is 0. The van der Waals surface area contributed by atoms with Crippen LogP contribution in [0.1, 0.15) is 18.4 Å². The number of hydrogen-bond acceptors (Lipinski definition) is 0. The number of rotatable bonds is 1. The molecule has 1 heteroatoms. The zero-order chi connectivity index (χ0) is 7.56. The van der Waals surface area contributed by atoms with E-state index >= 15 is 0 Å². The van der Waals surface area contributed by atoms with Gasteiger partial charge in [0.05, 0.1) is 0 Å². The smallest absolute Gasteiger partial charge is 0.0406 e. The fourth-order valence-electron chi connectivity index (χ4n) is 0.791. The summed E-state index contributed by atoms with van der Waals surface area (Å²) in [6.07, 6.45) is 0. The molecule has 10 heavy (non-hydrogen) atoms. The molecule has 0 nitrogen and oxygen atoms in total. The van der Waals surface area contributed by atoms with Crippen LogP contribution in [0, 0.1) is 6.92 Å². The second kappa shape index (κ2) is 3.07. The summed E-state index contributed by atoms with van der Waals surface area (Å²) in [6, 6.07) is 7.77. The highest BCUT2D eigenvalue weighted by Gasteiger charge is 1.96. The molecular formula is C9H10Cl. The maximum absolute atomic E-state index is 5.70. The Balaban J connectivity index is 2.89. The van der Waals surface area contributed by atoms with Gasteiger partial charge < -0.3 is 0 Å². The Labute approximate surface area is 66.8 Å². The van der Waals surface area contributed by atoms with Gasteiger partial charge in [-0.05, 0) is 30.5 Å². The summed E-state index contributed by atoms with van der Waals surface area (Å²) in [7, 11) is 0. The van der Waals surface area contributed by atoms with Crippen LogP contribution < -0.4 is 0 Å². The molecule has 0 unspecified atom stereocenters. The molecule has 0 fully saturated rings. The van der Waals surface area contributed by atoms with Gasteiger partial charge in [-0.3, -0.25) is 0 Å². The Hall–Kier alpha value is -0.490. The molecule has 1 aromatic carbocycles. The second-order valence-electron chi connectivity index (χ2n) is 2.45. The van der Waals surface area contributed by atoms with Gasteiger partial charge in [-0.15, -0.1) is 0 Å². The van der Waals surface area contributed by atoms with E-state index in [1.807, 2.05) is 24.3 Å². The van der Waals surface area contributed by atoms with Gasteiger partial charge in [0.15, 0.2) is 0 Å². The molecule has 0 spiro atoms. The predicted octanol–water partition coefficient (Wildman–Crippen LogP) is 3.28. The average molecular weight is 154 g/mol. The van der Waals surface area contributed by atoms with Crippen LogP contribution in [-0.2, 0) is 0 Å². The number of benzene rings is 1. The Morgan fingerprint density at radius 1 is 1.30 bits per heavy atom. The number of hydrogen-bond donors (Lipinski definition) is 0. The third-order valence-corrected chi connectivity index (χ3v) is 1.69. The number of halogens is 1. The molecule has 1 rings (SSSR count). The minimum absolute atomic E-state index is 0.345. The van der Waals surface area contributed by atoms with Crippen molar-refractivity contribution in [3.05, 3.63) is 41.8 Å². The van der Waals surface area contributed by atoms with Gasteiger partial charge >= 0.3 is 0 Å². The maximum Gasteiger partial charge on any atom is 0.0406 e. The Bertz CT molecular complexity index is 198. The summed E-state index contributed by atoms with van der Waals surface area (Å²) in [5.41, 5.74) is 1.23. The molecule has 0 amide bonds. The molecule has 0 heterocycles. The third kappa shape index (κ3) is 1.74. The lowest BCUT2D eigenvalue weighted by molar-refractivity contribution is 0.964. The molecule has 53 valence electrons.